The van der Waals surface area contributed by atoms with Crippen LogP contribution in [0, 0.1) is 13.8 Å². The van der Waals surface area contributed by atoms with Crippen molar-refractivity contribution in [2.24, 2.45) is 0 Å². The van der Waals surface area contributed by atoms with Gasteiger partial charge in [0.1, 0.15) is 0 Å². The van der Waals surface area contributed by atoms with Crippen LogP contribution >= 0.6 is 11.3 Å². The Balaban J connectivity index is 1.72. The van der Waals surface area contributed by atoms with E-state index in [1.165, 1.54) is 5.56 Å². The van der Waals surface area contributed by atoms with Crippen molar-refractivity contribution in [3.05, 3.63) is 89.2 Å². The number of amides is 1. The van der Waals surface area contributed by atoms with E-state index in [1.807, 2.05) is 48.5 Å². The molecule has 5 heteroatoms. The highest BCUT2D eigenvalue weighted by Crippen LogP contribution is 2.32. The molecule has 0 fully saturated rings. The van der Waals surface area contributed by atoms with Crippen molar-refractivity contribution in [2.75, 3.05) is 4.90 Å². The van der Waals surface area contributed by atoms with Gasteiger partial charge in [0.25, 0.3) is 0 Å². The molecule has 0 aliphatic carbocycles. The average Bonchev–Trinajstić information content (AvgIpc) is 3.11. The highest BCUT2D eigenvalue weighted by atomic mass is 32.1. The average molecular weight is 388 g/mol. The second-order valence-electron chi connectivity index (χ2n) is 6.89. The summed E-state index contributed by atoms with van der Waals surface area (Å²) in [7, 11) is 0. The summed E-state index contributed by atoms with van der Waals surface area (Å²) in [4.78, 5) is 24.2. The number of hydrogen-bond donors (Lipinski definition) is 0. The van der Waals surface area contributed by atoms with Gasteiger partial charge in [0.05, 0.1) is 28.9 Å². The number of nitrogens with zero attached hydrogens (tertiary/aromatic N) is 3. The van der Waals surface area contributed by atoms with Crippen molar-refractivity contribution < 1.29 is 4.79 Å². The van der Waals surface area contributed by atoms with Gasteiger partial charge in [-0.1, -0.05) is 53.8 Å². The fourth-order valence-electron chi connectivity index (χ4n) is 3.26. The van der Waals surface area contributed by atoms with Crippen LogP contribution in [-0.2, 0) is 17.8 Å². The van der Waals surface area contributed by atoms with E-state index in [9.17, 15) is 4.79 Å². The lowest BCUT2D eigenvalue weighted by Gasteiger charge is -2.19. The molecular formula is C23H21N3OS. The molecule has 0 radical (unpaired) electrons. The van der Waals surface area contributed by atoms with Gasteiger partial charge >= 0.3 is 0 Å². The minimum Gasteiger partial charge on any atom is -0.282 e. The summed E-state index contributed by atoms with van der Waals surface area (Å²) < 4.78 is 1.10. The van der Waals surface area contributed by atoms with Gasteiger partial charge in [0, 0.05) is 6.20 Å². The standard InChI is InChI=1S/C23H21N3OS/c1-16-12-17(2)22-20(13-16)28-23(25-22)26(15-19-10-6-7-11-24-19)21(27)14-18-8-4-3-5-9-18/h3-13H,14-15H2,1-2H3. The molecule has 0 aliphatic heterocycles. The van der Waals surface area contributed by atoms with Gasteiger partial charge in [0.2, 0.25) is 5.91 Å². The molecule has 0 aliphatic rings. The SMILES string of the molecule is Cc1cc(C)c2nc(N(Cc3ccccn3)C(=O)Cc3ccccc3)sc2c1. The Labute approximate surface area is 168 Å². The Morgan fingerprint density at radius 1 is 1.04 bits per heavy atom. The minimum atomic E-state index is 0.0188. The van der Waals surface area contributed by atoms with Crippen LogP contribution in [0.2, 0.25) is 0 Å². The Bertz CT molecular complexity index is 1110. The lowest BCUT2D eigenvalue weighted by Crippen LogP contribution is -2.32. The number of anilines is 1. The molecule has 1 amide bonds. The molecule has 2 heterocycles. The van der Waals surface area contributed by atoms with E-state index < -0.39 is 0 Å². The van der Waals surface area contributed by atoms with E-state index in [4.69, 9.17) is 4.98 Å². The first-order valence-electron chi connectivity index (χ1n) is 9.22. The summed E-state index contributed by atoms with van der Waals surface area (Å²) in [6.07, 6.45) is 2.09. The molecule has 140 valence electrons. The van der Waals surface area contributed by atoms with E-state index in [2.05, 4.69) is 31.0 Å². The van der Waals surface area contributed by atoms with Gasteiger partial charge in [-0.15, -0.1) is 0 Å². The summed E-state index contributed by atoms with van der Waals surface area (Å²) in [5, 5.41) is 0.718. The maximum atomic E-state index is 13.2. The predicted octanol–water partition coefficient (Wildman–Crippen LogP) is 5.08. The van der Waals surface area contributed by atoms with E-state index in [0.29, 0.717) is 13.0 Å². The number of pyridine rings is 1. The monoisotopic (exact) mass is 387 g/mol. The fourth-order valence-corrected chi connectivity index (χ4v) is 4.41. The number of hydrogen-bond acceptors (Lipinski definition) is 4. The smallest absolute Gasteiger partial charge is 0.233 e. The highest BCUT2D eigenvalue weighted by molar-refractivity contribution is 7.22. The summed E-state index contributed by atoms with van der Waals surface area (Å²) in [5.74, 6) is 0.0188. The molecule has 0 atom stereocenters. The maximum Gasteiger partial charge on any atom is 0.233 e. The van der Waals surface area contributed by atoms with Crippen molar-refractivity contribution in [3.8, 4) is 0 Å². The topological polar surface area (TPSA) is 46.1 Å². The van der Waals surface area contributed by atoms with Crippen LogP contribution in [0.15, 0.2) is 66.9 Å². The van der Waals surface area contributed by atoms with E-state index in [0.717, 1.165) is 32.2 Å². The summed E-state index contributed by atoms with van der Waals surface area (Å²) in [6.45, 7) is 4.55. The van der Waals surface area contributed by atoms with Crippen LogP contribution < -0.4 is 4.90 Å². The lowest BCUT2D eigenvalue weighted by molar-refractivity contribution is -0.118. The van der Waals surface area contributed by atoms with Crippen LogP contribution in [0.25, 0.3) is 10.2 Å². The van der Waals surface area contributed by atoms with E-state index in [-0.39, 0.29) is 5.91 Å². The Hall–Kier alpha value is -3.05. The van der Waals surface area contributed by atoms with Crippen molar-refractivity contribution in [2.45, 2.75) is 26.8 Å². The zero-order chi connectivity index (χ0) is 19.5. The Morgan fingerprint density at radius 3 is 2.57 bits per heavy atom. The van der Waals surface area contributed by atoms with Crippen LogP contribution in [0.3, 0.4) is 0 Å². The molecule has 4 nitrogen and oxygen atoms in total. The molecule has 0 N–H and O–H groups in total. The second-order valence-corrected chi connectivity index (χ2v) is 7.90. The molecule has 0 unspecified atom stereocenters. The molecule has 2 aromatic heterocycles. The zero-order valence-electron chi connectivity index (χ0n) is 15.9. The normalized spacial score (nSPS) is 10.9. The number of carbonyl (C=O) groups is 1. The van der Waals surface area contributed by atoms with Crippen molar-refractivity contribution in [3.63, 3.8) is 0 Å². The molecule has 0 spiro atoms. The van der Waals surface area contributed by atoms with Gasteiger partial charge in [-0.3, -0.25) is 14.7 Å². The van der Waals surface area contributed by atoms with Crippen LogP contribution in [0.5, 0.6) is 0 Å². The third kappa shape index (κ3) is 3.94. The van der Waals surface area contributed by atoms with Crippen molar-refractivity contribution in [1.29, 1.82) is 0 Å². The predicted molar refractivity (Wildman–Crippen MR) is 115 cm³/mol. The van der Waals surface area contributed by atoms with Gasteiger partial charge in [-0.2, -0.15) is 0 Å². The highest BCUT2D eigenvalue weighted by Gasteiger charge is 2.21. The number of aromatic nitrogens is 2. The molecule has 0 saturated carbocycles. The first-order chi connectivity index (χ1) is 13.6. The Morgan fingerprint density at radius 2 is 1.82 bits per heavy atom. The number of fused-ring (bicyclic) bond motifs is 1. The third-order valence-electron chi connectivity index (χ3n) is 4.59. The molecule has 28 heavy (non-hydrogen) atoms. The summed E-state index contributed by atoms with van der Waals surface area (Å²) in [6, 6.07) is 19.8. The second kappa shape index (κ2) is 7.90. The molecule has 4 aromatic rings. The zero-order valence-corrected chi connectivity index (χ0v) is 16.7. The first kappa shape index (κ1) is 18.3. The molecule has 4 rings (SSSR count). The van der Waals surface area contributed by atoms with Crippen LogP contribution in [0.1, 0.15) is 22.4 Å². The van der Waals surface area contributed by atoms with E-state index >= 15 is 0 Å². The van der Waals surface area contributed by atoms with Gasteiger partial charge in [0.15, 0.2) is 5.13 Å². The van der Waals surface area contributed by atoms with Crippen molar-refractivity contribution >= 4 is 32.6 Å². The molecular weight excluding hydrogens is 366 g/mol. The molecule has 0 saturated heterocycles. The number of aryl methyl sites for hydroxylation is 2. The number of thiazole rings is 1. The number of rotatable bonds is 5. The molecule has 2 aromatic carbocycles. The largest absolute Gasteiger partial charge is 0.282 e. The third-order valence-corrected chi connectivity index (χ3v) is 5.62. The van der Waals surface area contributed by atoms with Gasteiger partial charge < -0.3 is 0 Å². The van der Waals surface area contributed by atoms with Crippen LogP contribution in [0.4, 0.5) is 5.13 Å². The van der Waals surface area contributed by atoms with Crippen LogP contribution in [-0.4, -0.2) is 15.9 Å². The minimum absolute atomic E-state index is 0.0188. The lowest BCUT2D eigenvalue weighted by atomic mass is 10.1. The maximum absolute atomic E-state index is 13.2. The quantitative estimate of drug-likeness (QED) is 0.479. The van der Waals surface area contributed by atoms with E-state index in [1.54, 1.807) is 22.4 Å². The van der Waals surface area contributed by atoms with Gasteiger partial charge in [-0.05, 0) is 48.7 Å². The fraction of sp³-hybridized carbons (Fsp3) is 0.174. The van der Waals surface area contributed by atoms with Gasteiger partial charge in [-0.25, -0.2) is 4.98 Å². The van der Waals surface area contributed by atoms with Crippen molar-refractivity contribution in [1.82, 2.24) is 9.97 Å². The summed E-state index contributed by atoms with van der Waals surface area (Å²) in [5.41, 5.74) is 5.13. The summed E-state index contributed by atoms with van der Waals surface area (Å²) >= 11 is 1.56. The number of benzene rings is 2. The Kier molecular flexibility index (Phi) is 5.17. The number of carbonyl (C=O) groups excluding carboxylic acids is 1. The molecule has 0 bridgehead atoms. The first-order valence-corrected chi connectivity index (χ1v) is 10.0.